The van der Waals surface area contributed by atoms with Crippen molar-refractivity contribution in [3.8, 4) is 5.75 Å². The molecule has 0 radical (unpaired) electrons. The molecule has 0 aliphatic carbocycles. The summed E-state index contributed by atoms with van der Waals surface area (Å²) in [6.45, 7) is 6.34. The lowest BCUT2D eigenvalue weighted by Gasteiger charge is -2.14. The van der Waals surface area contributed by atoms with Gasteiger partial charge in [0.15, 0.2) is 0 Å². The fourth-order valence-corrected chi connectivity index (χ4v) is 1.80. The average Bonchev–Trinajstić information content (AvgIpc) is 2.26. The number of nitrogens with two attached hydrogens (primary N) is 1. The van der Waals surface area contributed by atoms with Crippen LogP contribution in [0, 0.1) is 0 Å². The third-order valence-electron chi connectivity index (χ3n) is 2.27. The van der Waals surface area contributed by atoms with E-state index in [4.69, 9.17) is 10.5 Å². The molecule has 0 spiro atoms. The Morgan fingerprint density at radius 1 is 1.56 bits per heavy atom. The zero-order valence-electron chi connectivity index (χ0n) is 9.58. The molecular weight excluding hydrogens is 266 g/mol. The van der Waals surface area contributed by atoms with Gasteiger partial charge in [0.25, 0.3) is 0 Å². The highest BCUT2D eigenvalue weighted by Crippen LogP contribution is 2.27. The van der Waals surface area contributed by atoms with Gasteiger partial charge in [-0.05, 0) is 38.0 Å². The first kappa shape index (κ1) is 13.3. The molecule has 0 aromatic heterocycles. The number of allylic oxidation sites excluding steroid dienone is 1. The first-order valence-electron chi connectivity index (χ1n) is 5.44. The highest BCUT2D eigenvalue weighted by atomic mass is 79.9. The van der Waals surface area contributed by atoms with Gasteiger partial charge in [-0.15, -0.1) is 6.58 Å². The van der Waals surface area contributed by atoms with Gasteiger partial charge in [0.1, 0.15) is 5.75 Å². The van der Waals surface area contributed by atoms with Crippen LogP contribution in [0.25, 0.3) is 0 Å². The van der Waals surface area contributed by atoms with E-state index in [-0.39, 0.29) is 6.04 Å². The Bertz CT molecular complexity index is 350. The Balaban J connectivity index is 2.67. The summed E-state index contributed by atoms with van der Waals surface area (Å²) in [4.78, 5) is 0. The van der Waals surface area contributed by atoms with Crippen LogP contribution in [0.1, 0.15) is 31.4 Å². The smallest absolute Gasteiger partial charge is 0.124 e. The van der Waals surface area contributed by atoms with Crippen molar-refractivity contribution in [3.05, 3.63) is 40.9 Å². The Morgan fingerprint density at radius 2 is 2.31 bits per heavy atom. The summed E-state index contributed by atoms with van der Waals surface area (Å²) in [5.74, 6) is 0.877. The standard InChI is InChI=1S/C13H18BrNO/c1-3-4-5-8-16-13-7-6-11(14)9-12(13)10(2)15/h3,6-7,9-10H,1,4-5,8,15H2,2H3/t10-/m1/s1. The third kappa shape index (κ3) is 3.99. The van der Waals surface area contributed by atoms with Crippen molar-refractivity contribution >= 4 is 15.9 Å². The fourth-order valence-electron chi connectivity index (χ4n) is 1.42. The fraction of sp³-hybridized carbons (Fsp3) is 0.385. The van der Waals surface area contributed by atoms with Crippen molar-refractivity contribution in [2.24, 2.45) is 5.73 Å². The van der Waals surface area contributed by atoms with Gasteiger partial charge in [-0.2, -0.15) is 0 Å². The van der Waals surface area contributed by atoms with Crippen LogP contribution < -0.4 is 10.5 Å². The Hall–Kier alpha value is -0.800. The molecule has 2 nitrogen and oxygen atoms in total. The van der Waals surface area contributed by atoms with Gasteiger partial charge >= 0.3 is 0 Å². The molecule has 1 aromatic carbocycles. The highest BCUT2D eigenvalue weighted by molar-refractivity contribution is 9.10. The predicted molar refractivity (Wildman–Crippen MR) is 71.7 cm³/mol. The molecular formula is C13H18BrNO. The third-order valence-corrected chi connectivity index (χ3v) is 2.77. The van der Waals surface area contributed by atoms with Gasteiger partial charge in [-0.3, -0.25) is 0 Å². The van der Waals surface area contributed by atoms with Crippen LogP contribution in [0.3, 0.4) is 0 Å². The lowest BCUT2D eigenvalue weighted by molar-refractivity contribution is 0.307. The van der Waals surface area contributed by atoms with Crippen molar-refractivity contribution in [1.82, 2.24) is 0 Å². The number of halogens is 1. The summed E-state index contributed by atoms with van der Waals surface area (Å²) in [6, 6.07) is 5.91. The molecule has 0 aliphatic heterocycles. The van der Waals surface area contributed by atoms with E-state index in [1.54, 1.807) is 0 Å². The summed E-state index contributed by atoms with van der Waals surface area (Å²) in [5, 5.41) is 0. The topological polar surface area (TPSA) is 35.2 Å². The van der Waals surface area contributed by atoms with E-state index in [2.05, 4.69) is 22.5 Å². The number of hydrogen-bond donors (Lipinski definition) is 1. The Morgan fingerprint density at radius 3 is 2.94 bits per heavy atom. The summed E-state index contributed by atoms with van der Waals surface area (Å²) in [7, 11) is 0. The number of benzene rings is 1. The SMILES string of the molecule is C=CCCCOc1ccc(Br)cc1[C@@H](C)N. The van der Waals surface area contributed by atoms with E-state index in [1.165, 1.54) is 0 Å². The Labute approximate surface area is 106 Å². The quantitative estimate of drug-likeness (QED) is 0.636. The highest BCUT2D eigenvalue weighted by Gasteiger charge is 2.08. The maximum Gasteiger partial charge on any atom is 0.124 e. The van der Waals surface area contributed by atoms with Crippen LogP contribution >= 0.6 is 15.9 Å². The van der Waals surface area contributed by atoms with E-state index in [1.807, 2.05) is 31.2 Å². The van der Waals surface area contributed by atoms with Gasteiger partial charge in [-0.1, -0.05) is 22.0 Å². The minimum atomic E-state index is -0.0214. The first-order chi connectivity index (χ1) is 7.65. The van der Waals surface area contributed by atoms with Crippen LogP contribution in [-0.4, -0.2) is 6.61 Å². The van der Waals surface area contributed by atoms with Gasteiger partial charge in [0, 0.05) is 16.1 Å². The number of ether oxygens (including phenoxy) is 1. The second-order valence-electron chi connectivity index (χ2n) is 3.75. The molecule has 0 aliphatic rings. The monoisotopic (exact) mass is 283 g/mol. The molecule has 88 valence electrons. The van der Waals surface area contributed by atoms with E-state index in [0.29, 0.717) is 6.61 Å². The molecule has 0 heterocycles. The zero-order chi connectivity index (χ0) is 12.0. The largest absolute Gasteiger partial charge is 0.493 e. The molecule has 3 heteroatoms. The lowest BCUT2D eigenvalue weighted by atomic mass is 10.1. The van der Waals surface area contributed by atoms with Crippen LogP contribution in [-0.2, 0) is 0 Å². The molecule has 0 bridgehead atoms. The zero-order valence-corrected chi connectivity index (χ0v) is 11.2. The molecule has 16 heavy (non-hydrogen) atoms. The molecule has 2 N–H and O–H groups in total. The second-order valence-corrected chi connectivity index (χ2v) is 4.67. The molecule has 1 rings (SSSR count). The van der Waals surface area contributed by atoms with E-state index in [0.717, 1.165) is 28.6 Å². The molecule has 0 unspecified atom stereocenters. The van der Waals surface area contributed by atoms with Crippen molar-refractivity contribution in [2.75, 3.05) is 6.61 Å². The number of unbranched alkanes of at least 4 members (excludes halogenated alkanes) is 1. The molecule has 0 amide bonds. The molecule has 0 saturated carbocycles. The van der Waals surface area contributed by atoms with Crippen molar-refractivity contribution < 1.29 is 4.74 Å². The van der Waals surface area contributed by atoms with Gasteiger partial charge < -0.3 is 10.5 Å². The minimum absolute atomic E-state index is 0.0214. The lowest BCUT2D eigenvalue weighted by Crippen LogP contribution is -2.08. The average molecular weight is 284 g/mol. The summed E-state index contributed by atoms with van der Waals surface area (Å²) in [6.07, 6.45) is 3.86. The summed E-state index contributed by atoms with van der Waals surface area (Å²) in [5.41, 5.74) is 6.93. The van der Waals surface area contributed by atoms with Gasteiger partial charge in [-0.25, -0.2) is 0 Å². The molecule has 1 aromatic rings. The van der Waals surface area contributed by atoms with E-state index >= 15 is 0 Å². The van der Waals surface area contributed by atoms with E-state index < -0.39 is 0 Å². The summed E-state index contributed by atoms with van der Waals surface area (Å²) < 4.78 is 6.73. The van der Waals surface area contributed by atoms with Crippen LogP contribution in [0.2, 0.25) is 0 Å². The van der Waals surface area contributed by atoms with Crippen LogP contribution in [0.15, 0.2) is 35.3 Å². The van der Waals surface area contributed by atoms with E-state index in [9.17, 15) is 0 Å². The Kier molecular flexibility index (Phi) is 5.56. The summed E-state index contributed by atoms with van der Waals surface area (Å²) >= 11 is 3.43. The van der Waals surface area contributed by atoms with Crippen LogP contribution in [0.5, 0.6) is 5.75 Å². The van der Waals surface area contributed by atoms with Crippen LogP contribution in [0.4, 0.5) is 0 Å². The molecule has 1 atom stereocenters. The predicted octanol–water partition coefficient (Wildman–Crippen LogP) is 3.81. The van der Waals surface area contributed by atoms with Crippen molar-refractivity contribution in [2.45, 2.75) is 25.8 Å². The van der Waals surface area contributed by atoms with Gasteiger partial charge in [0.2, 0.25) is 0 Å². The minimum Gasteiger partial charge on any atom is -0.493 e. The molecule has 0 saturated heterocycles. The van der Waals surface area contributed by atoms with Gasteiger partial charge in [0.05, 0.1) is 6.61 Å². The molecule has 0 fully saturated rings. The number of hydrogen-bond acceptors (Lipinski definition) is 2. The second kappa shape index (κ2) is 6.71. The maximum absolute atomic E-state index is 5.90. The first-order valence-corrected chi connectivity index (χ1v) is 6.23. The normalized spacial score (nSPS) is 12.2. The number of rotatable bonds is 6. The van der Waals surface area contributed by atoms with Crippen molar-refractivity contribution in [3.63, 3.8) is 0 Å². The maximum atomic E-state index is 5.90. The van der Waals surface area contributed by atoms with Crippen molar-refractivity contribution in [1.29, 1.82) is 0 Å².